The minimum atomic E-state index is 0.0576. The molecule has 0 radical (unpaired) electrons. The van der Waals surface area contributed by atoms with E-state index in [9.17, 15) is 5.11 Å². The van der Waals surface area contributed by atoms with E-state index in [1.165, 1.54) is 0 Å². The van der Waals surface area contributed by atoms with E-state index in [1.54, 1.807) is 6.07 Å². The SMILES string of the molecule is Cc1ccc(O)c(C2=CC(c3ccc(Cl)cc3)NN2)c1. The fourth-order valence-corrected chi connectivity index (χ4v) is 2.40. The Balaban J connectivity index is 1.91. The molecule has 1 atom stereocenters. The second-order valence-corrected chi connectivity index (χ2v) is 5.34. The van der Waals surface area contributed by atoms with E-state index in [1.807, 2.05) is 43.3 Å². The maximum Gasteiger partial charge on any atom is 0.124 e. The Hall–Kier alpha value is -1.97. The molecular formula is C16H15ClN2O. The van der Waals surface area contributed by atoms with Gasteiger partial charge in [-0.2, -0.15) is 0 Å². The van der Waals surface area contributed by atoms with Gasteiger partial charge in [0.15, 0.2) is 0 Å². The summed E-state index contributed by atoms with van der Waals surface area (Å²) in [6.07, 6.45) is 2.05. The number of hydrazine groups is 1. The first-order valence-corrected chi connectivity index (χ1v) is 6.80. The Morgan fingerprint density at radius 2 is 1.85 bits per heavy atom. The molecule has 1 aliphatic heterocycles. The van der Waals surface area contributed by atoms with Crippen LogP contribution in [0.5, 0.6) is 5.75 Å². The lowest BCUT2D eigenvalue weighted by Gasteiger charge is -2.09. The van der Waals surface area contributed by atoms with Gasteiger partial charge in [-0.25, -0.2) is 5.43 Å². The van der Waals surface area contributed by atoms with Gasteiger partial charge in [0.1, 0.15) is 5.75 Å². The lowest BCUT2D eigenvalue weighted by atomic mass is 10.0. The smallest absolute Gasteiger partial charge is 0.124 e. The maximum atomic E-state index is 9.96. The Labute approximate surface area is 122 Å². The Bertz CT molecular complexity index is 665. The molecule has 2 aromatic carbocycles. The molecule has 0 fully saturated rings. The lowest BCUT2D eigenvalue weighted by molar-refractivity contribution is 0.472. The summed E-state index contributed by atoms with van der Waals surface area (Å²) in [4.78, 5) is 0. The zero-order valence-electron chi connectivity index (χ0n) is 11.0. The van der Waals surface area contributed by atoms with Crippen LogP contribution >= 0.6 is 11.6 Å². The second kappa shape index (κ2) is 5.19. The fourth-order valence-electron chi connectivity index (χ4n) is 2.28. The van der Waals surface area contributed by atoms with E-state index in [0.29, 0.717) is 0 Å². The average Bonchev–Trinajstić information content (AvgIpc) is 2.92. The number of phenolic OH excluding ortho intramolecular Hbond substituents is 1. The van der Waals surface area contributed by atoms with Crippen LogP contribution in [-0.2, 0) is 0 Å². The molecule has 0 bridgehead atoms. The number of hydrogen-bond acceptors (Lipinski definition) is 3. The van der Waals surface area contributed by atoms with E-state index in [4.69, 9.17) is 11.6 Å². The van der Waals surface area contributed by atoms with Gasteiger partial charge in [0.25, 0.3) is 0 Å². The normalized spacial score (nSPS) is 17.7. The first-order valence-electron chi connectivity index (χ1n) is 6.42. The largest absolute Gasteiger partial charge is 0.507 e. The van der Waals surface area contributed by atoms with Crippen LogP contribution in [0.15, 0.2) is 48.5 Å². The number of benzene rings is 2. The molecule has 0 aliphatic carbocycles. The van der Waals surface area contributed by atoms with Crippen LogP contribution in [0.4, 0.5) is 0 Å². The molecule has 4 heteroatoms. The molecule has 0 aromatic heterocycles. The van der Waals surface area contributed by atoms with Crippen molar-refractivity contribution in [2.24, 2.45) is 0 Å². The standard InChI is InChI=1S/C16H15ClN2O/c1-10-2-7-16(20)13(8-10)15-9-14(18-19-15)11-3-5-12(17)6-4-11/h2-9,14,18-20H,1H3. The Morgan fingerprint density at radius 1 is 1.10 bits per heavy atom. The number of aromatic hydroxyl groups is 1. The van der Waals surface area contributed by atoms with E-state index in [0.717, 1.165) is 27.4 Å². The minimum Gasteiger partial charge on any atom is -0.507 e. The van der Waals surface area contributed by atoms with Crippen LogP contribution < -0.4 is 10.9 Å². The molecular weight excluding hydrogens is 272 g/mol. The predicted octanol–water partition coefficient (Wildman–Crippen LogP) is 3.54. The molecule has 20 heavy (non-hydrogen) atoms. The zero-order chi connectivity index (χ0) is 14.1. The van der Waals surface area contributed by atoms with Gasteiger partial charge in [0.2, 0.25) is 0 Å². The van der Waals surface area contributed by atoms with Gasteiger partial charge in [0, 0.05) is 10.6 Å². The molecule has 3 nitrogen and oxygen atoms in total. The lowest BCUT2D eigenvalue weighted by Crippen LogP contribution is -2.26. The third kappa shape index (κ3) is 2.50. The van der Waals surface area contributed by atoms with Gasteiger partial charge >= 0.3 is 0 Å². The summed E-state index contributed by atoms with van der Waals surface area (Å²) in [5, 5.41) is 10.7. The van der Waals surface area contributed by atoms with Crippen LogP contribution in [0.2, 0.25) is 5.02 Å². The highest BCUT2D eigenvalue weighted by Crippen LogP contribution is 2.30. The fraction of sp³-hybridized carbons (Fsp3) is 0.125. The van der Waals surface area contributed by atoms with Gasteiger partial charge in [0.05, 0.1) is 11.7 Å². The number of halogens is 1. The van der Waals surface area contributed by atoms with Crippen molar-refractivity contribution in [1.29, 1.82) is 0 Å². The molecule has 0 amide bonds. The van der Waals surface area contributed by atoms with E-state index < -0.39 is 0 Å². The highest BCUT2D eigenvalue weighted by molar-refractivity contribution is 6.30. The second-order valence-electron chi connectivity index (χ2n) is 4.90. The summed E-state index contributed by atoms with van der Waals surface area (Å²) in [6.45, 7) is 2.00. The van der Waals surface area contributed by atoms with Crippen molar-refractivity contribution in [2.45, 2.75) is 13.0 Å². The topological polar surface area (TPSA) is 44.3 Å². The van der Waals surface area contributed by atoms with Crippen molar-refractivity contribution in [2.75, 3.05) is 0 Å². The third-order valence-corrected chi connectivity index (χ3v) is 3.62. The van der Waals surface area contributed by atoms with Crippen molar-refractivity contribution < 1.29 is 5.11 Å². The predicted molar refractivity (Wildman–Crippen MR) is 81.3 cm³/mol. The molecule has 0 saturated heterocycles. The molecule has 102 valence electrons. The van der Waals surface area contributed by atoms with Crippen LogP contribution in [0.25, 0.3) is 5.70 Å². The van der Waals surface area contributed by atoms with Crippen molar-refractivity contribution in [3.8, 4) is 5.75 Å². The summed E-state index contributed by atoms with van der Waals surface area (Å²) >= 11 is 5.90. The first kappa shape index (κ1) is 13.0. The summed E-state index contributed by atoms with van der Waals surface area (Å²) in [5.41, 5.74) is 10.2. The van der Waals surface area contributed by atoms with Crippen molar-refractivity contribution in [1.82, 2.24) is 10.9 Å². The molecule has 1 heterocycles. The molecule has 1 unspecified atom stereocenters. The Morgan fingerprint density at radius 3 is 2.60 bits per heavy atom. The Kier molecular flexibility index (Phi) is 3.38. The molecule has 0 spiro atoms. The first-order chi connectivity index (χ1) is 9.63. The molecule has 3 rings (SSSR count). The van der Waals surface area contributed by atoms with E-state index >= 15 is 0 Å². The summed E-state index contributed by atoms with van der Waals surface area (Å²) < 4.78 is 0. The minimum absolute atomic E-state index is 0.0576. The number of hydrogen-bond donors (Lipinski definition) is 3. The highest BCUT2D eigenvalue weighted by Gasteiger charge is 2.19. The number of phenols is 1. The molecule has 2 aromatic rings. The third-order valence-electron chi connectivity index (χ3n) is 3.37. The zero-order valence-corrected chi connectivity index (χ0v) is 11.8. The van der Waals surface area contributed by atoms with Gasteiger partial charge in [-0.3, -0.25) is 0 Å². The highest BCUT2D eigenvalue weighted by atomic mass is 35.5. The number of rotatable bonds is 2. The number of nitrogens with one attached hydrogen (secondary N) is 2. The van der Waals surface area contributed by atoms with Gasteiger partial charge in [-0.15, -0.1) is 0 Å². The summed E-state index contributed by atoms with van der Waals surface area (Å²) in [6, 6.07) is 13.3. The van der Waals surface area contributed by atoms with Crippen LogP contribution in [0, 0.1) is 6.92 Å². The monoisotopic (exact) mass is 286 g/mol. The van der Waals surface area contributed by atoms with Gasteiger partial charge < -0.3 is 10.5 Å². The van der Waals surface area contributed by atoms with Crippen molar-refractivity contribution in [3.63, 3.8) is 0 Å². The van der Waals surface area contributed by atoms with E-state index in [-0.39, 0.29) is 11.8 Å². The quantitative estimate of drug-likeness (QED) is 0.791. The average molecular weight is 287 g/mol. The summed E-state index contributed by atoms with van der Waals surface area (Å²) in [7, 11) is 0. The number of aryl methyl sites for hydroxylation is 1. The summed E-state index contributed by atoms with van der Waals surface area (Å²) in [5.74, 6) is 0.271. The maximum absolute atomic E-state index is 9.96. The molecule has 0 saturated carbocycles. The van der Waals surface area contributed by atoms with Crippen LogP contribution in [0.1, 0.15) is 22.7 Å². The van der Waals surface area contributed by atoms with Gasteiger partial charge in [-0.05, 0) is 42.8 Å². The molecule has 3 N–H and O–H groups in total. The van der Waals surface area contributed by atoms with Crippen LogP contribution in [0.3, 0.4) is 0 Å². The van der Waals surface area contributed by atoms with Gasteiger partial charge in [-0.1, -0.05) is 35.4 Å². The van der Waals surface area contributed by atoms with Crippen molar-refractivity contribution in [3.05, 3.63) is 70.3 Å². The molecule has 1 aliphatic rings. The van der Waals surface area contributed by atoms with E-state index in [2.05, 4.69) is 16.9 Å². The van der Waals surface area contributed by atoms with Crippen LogP contribution in [-0.4, -0.2) is 5.11 Å². The van der Waals surface area contributed by atoms with Crippen molar-refractivity contribution >= 4 is 17.3 Å².